The molecule has 6 aromatic rings. The lowest BCUT2D eigenvalue weighted by atomic mass is 9.77. The molecule has 0 fully saturated rings. The highest BCUT2D eigenvalue weighted by atomic mass is 16.4. The summed E-state index contributed by atoms with van der Waals surface area (Å²) >= 11 is 0. The molecular weight excluding hydrogens is 691 g/mol. The zero-order chi connectivity index (χ0) is 38.6. The van der Waals surface area contributed by atoms with Gasteiger partial charge in [-0.05, 0) is 16.4 Å². The van der Waals surface area contributed by atoms with E-state index in [1.54, 1.807) is 36.4 Å². The van der Waals surface area contributed by atoms with Crippen molar-refractivity contribution in [2.24, 2.45) is 0 Å². The molecule has 278 valence electrons. The van der Waals surface area contributed by atoms with Gasteiger partial charge in [-0.2, -0.15) is 13.7 Å². The molecule has 0 saturated heterocycles. The monoisotopic (exact) mass is 738 g/mol. The van der Waals surface area contributed by atoms with Crippen LogP contribution in [-0.2, 0) is 39.3 Å². The summed E-state index contributed by atoms with van der Waals surface area (Å²) in [6.07, 6.45) is 6.01. The van der Waals surface area contributed by atoms with E-state index in [1.165, 1.54) is 0 Å². The molecule has 3 heterocycles. The molecule has 14 heteroatoms. The summed E-state index contributed by atoms with van der Waals surface area (Å²) in [5.41, 5.74) is 7.04. The molecular formula is C41H47B3N5O6+3. The molecule has 0 aliphatic rings. The van der Waals surface area contributed by atoms with E-state index in [2.05, 4.69) is 42.1 Å². The maximum atomic E-state index is 10.0. The number of aromatic nitrogens is 3. The summed E-state index contributed by atoms with van der Waals surface area (Å²) < 4.78 is 6.37. The fraction of sp³-hybridized carbons (Fsp3) is 0.195. The Morgan fingerprint density at radius 3 is 1.18 bits per heavy atom. The smallest absolute Gasteiger partial charge is 0.423 e. The van der Waals surface area contributed by atoms with E-state index in [1.807, 2.05) is 91.4 Å². The molecule has 3 aromatic heterocycles. The predicted octanol–water partition coefficient (Wildman–Crippen LogP) is -1.47. The average molecular weight is 738 g/mol. The highest BCUT2D eigenvalue weighted by molar-refractivity contribution is 6.59. The van der Waals surface area contributed by atoms with Crippen LogP contribution in [0.3, 0.4) is 0 Å². The Bertz CT molecular complexity index is 2060. The molecule has 0 spiro atoms. The van der Waals surface area contributed by atoms with Crippen molar-refractivity contribution >= 4 is 37.7 Å². The van der Waals surface area contributed by atoms with Gasteiger partial charge in [-0.15, -0.1) is 0 Å². The quantitative estimate of drug-likeness (QED) is 0.0322. The molecule has 0 unspecified atom stereocenters. The maximum Gasteiger partial charge on any atom is 0.488 e. The van der Waals surface area contributed by atoms with Crippen molar-refractivity contribution in [1.82, 2.24) is 10.2 Å². The molecule has 11 nitrogen and oxygen atoms in total. The van der Waals surface area contributed by atoms with Gasteiger partial charge in [-0.1, -0.05) is 91.0 Å². The Morgan fingerprint density at radius 2 is 0.782 bits per heavy atom. The molecule has 0 bridgehead atoms. The normalized spacial score (nSPS) is 11.2. The SMILES string of the molecule is OB(O)c1ccccc1C[n+]1ccccc1CNCCN(Cc1cccc[n+]1Cc1ccccc1B(O)O)Cc1cccc[n+]1Cc1ccccc1B(O)O. The molecule has 7 N–H and O–H groups in total. The van der Waals surface area contributed by atoms with Crippen LogP contribution in [0.2, 0.25) is 0 Å². The largest absolute Gasteiger partial charge is 0.488 e. The number of pyridine rings is 3. The Labute approximate surface area is 323 Å². The van der Waals surface area contributed by atoms with Gasteiger partial charge in [0.25, 0.3) is 0 Å². The van der Waals surface area contributed by atoms with Crippen LogP contribution in [-0.4, -0.2) is 69.5 Å². The van der Waals surface area contributed by atoms with Crippen molar-refractivity contribution in [3.05, 3.63) is 180 Å². The number of hydrogen-bond donors (Lipinski definition) is 7. The van der Waals surface area contributed by atoms with Crippen LogP contribution in [0.25, 0.3) is 0 Å². The molecule has 0 atom stereocenters. The second kappa shape index (κ2) is 19.5. The second-order valence-electron chi connectivity index (χ2n) is 13.6. The van der Waals surface area contributed by atoms with Crippen molar-refractivity contribution in [3.8, 4) is 0 Å². The molecule has 0 saturated carbocycles. The lowest BCUT2D eigenvalue weighted by molar-refractivity contribution is -0.699. The topological polar surface area (TPSA) is 148 Å². The van der Waals surface area contributed by atoms with E-state index < -0.39 is 21.4 Å². The number of rotatable bonds is 18. The molecule has 0 aliphatic carbocycles. The molecule has 0 radical (unpaired) electrons. The first kappa shape index (κ1) is 39.7. The van der Waals surface area contributed by atoms with Crippen LogP contribution in [0.5, 0.6) is 0 Å². The van der Waals surface area contributed by atoms with Gasteiger partial charge in [0.1, 0.15) is 0 Å². The Morgan fingerprint density at radius 1 is 0.436 bits per heavy atom. The van der Waals surface area contributed by atoms with E-state index in [0.717, 1.165) is 33.8 Å². The number of hydrogen-bond acceptors (Lipinski definition) is 8. The second-order valence-corrected chi connectivity index (χ2v) is 13.6. The van der Waals surface area contributed by atoms with E-state index in [-0.39, 0.29) is 0 Å². The third-order valence-corrected chi connectivity index (χ3v) is 9.81. The minimum atomic E-state index is -1.57. The van der Waals surface area contributed by atoms with Gasteiger partial charge in [0.2, 0.25) is 0 Å². The van der Waals surface area contributed by atoms with Gasteiger partial charge in [-0.3, -0.25) is 4.90 Å². The standard InChI is InChI=1S/C41H47B3N5O6/c50-42(51)39-19-4-1-13-33(39)28-47-23-10-7-16-36(47)27-45-22-26-46(31-37-17-8-11-24-48(37)29-34-14-2-5-20-40(34)43(52)53)32-38-18-9-12-25-49(38)30-35-15-3-6-21-41(35)44(54)55/h1-21,23-25,45,50-55H,22,26-32H2/q+3. The molecule has 0 aliphatic heterocycles. The summed E-state index contributed by atoms with van der Waals surface area (Å²) in [6, 6.07) is 40.2. The van der Waals surface area contributed by atoms with Gasteiger partial charge >= 0.3 is 21.4 Å². The van der Waals surface area contributed by atoms with Gasteiger partial charge < -0.3 is 35.5 Å². The average Bonchev–Trinajstić information content (AvgIpc) is 3.19. The lowest BCUT2D eigenvalue weighted by Gasteiger charge is -2.21. The van der Waals surface area contributed by atoms with Crippen LogP contribution in [0.15, 0.2) is 146 Å². The number of nitrogens with one attached hydrogen (secondary N) is 1. The van der Waals surface area contributed by atoms with Crippen molar-refractivity contribution in [3.63, 3.8) is 0 Å². The third-order valence-electron chi connectivity index (χ3n) is 9.81. The summed E-state index contributed by atoms with van der Waals surface area (Å²) in [5, 5.41) is 63.7. The molecule has 3 aromatic carbocycles. The van der Waals surface area contributed by atoms with Crippen LogP contribution in [0.4, 0.5) is 0 Å². The first-order valence-electron chi connectivity index (χ1n) is 18.4. The number of nitrogens with zero attached hydrogens (tertiary/aromatic N) is 4. The Kier molecular flexibility index (Phi) is 14.1. The fourth-order valence-electron chi connectivity index (χ4n) is 6.91. The van der Waals surface area contributed by atoms with Crippen molar-refractivity contribution < 1.29 is 43.8 Å². The van der Waals surface area contributed by atoms with Crippen molar-refractivity contribution in [2.45, 2.75) is 39.3 Å². The first-order valence-corrected chi connectivity index (χ1v) is 18.4. The highest BCUT2D eigenvalue weighted by Crippen LogP contribution is 2.09. The Hall–Kier alpha value is -5.02. The van der Waals surface area contributed by atoms with E-state index in [0.29, 0.717) is 68.7 Å². The van der Waals surface area contributed by atoms with Crippen LogP contribution in [0, 0.1) is 0 Å². The minimum Gasteiger partial charge on any atom is -0.423 e. The van der Waals surface area contributed by atoms with Gasteiger partial charge in [-0.25, -0.2) is 0 Å². The summed E-state index contributed by atoms with van der Waals surface area (Å²) in [6.45, 7) is 4.56. The molecule has 55 heavy (non-hydrogen) atoms. The van der Waals surface area contributed by atoms with E-state index in [4.69, 9.17) is 0 Å². The fourth-order valence-corrected chi connectivity index (χ4v) is 6.91. The molecule has 6 rings (SSSR count). The summed E-state index contributed by atoms with van der Waals surface area (Å²) in [4.78, 5) is 2.36. The van der Waals surface area contributed by atoms with Crippen molar-refractivity contribution in [1.29, 1.82) is 0 Å². The van der Waals surface area contributed by atoms with Gasteiger partial charge in [0, 0.05) is 66.2 Å². The third kappa shape index (κ3) is 10.8. The number of benzene rings is 3. The van der Waals surface area contributed by atoms with Crippen LogP contribution < -0.4 is 35.4 Å². The van der Waals surface area contributed by atoms with Gasteiger partial charge in [0.15, 0.2) is 55.3 Å². The minimum absolute atomic E-state index is 0.464. The summed E-state index contributed by atoms with van der Waals surface area (Å²) in [5.74, 6) is 0. The highest BCUT2D eigenvalue weighted by Gasteiger charge is 2.24. The molecule has 0 amide bonds. The van der Waals surface area contributed by atoms with E-state index >= 15 is 0 Å². The summed E-state index contributed by atoms with van der Waals surface area (Å²) in [7, 11) is -4.69. The lowest BCUT2D eigenvalue weighted by Crippen LogP contribution is -2.47. The predicted molar refractivity (Wildman–Crippen MR) is 212 cm³/mol. The van der Waals surface area contributed by atoms with Crippen molar-refractivity contribution in [2.75, 3.05) is 13.1 Å². The van der Waals surface area contributed by atoms with E-state index in [9.17, 15) is 30.1 Å². The maximum absolute atomic E-state index is 10.0. The first-order chi connectivity index (χ1) is 26.8. The van der Waals surface area contributed by atoms with Crippen LogP contribution >= 0.6 is 0 Å². The zero-order valence-electron chi connectivity index (χ0n) is 30.7. The zero-order valence-corrected chi connectivity index (χ0v) is 30.7. The van der Waals surface area contributed by atoms with Crippen LogP contribution in [0.1, 0.15) is 33.8 Å². The Balaban J connectivity index is 1.23. The van der Waals surface area contributed by atoms with Gasteiger partial charge in [0.05, 0.1) is 19.6 Å².